The number of anilines is 1. The predicted octanol–water partition coefficient (Wildman–Crippen LogP) is 3.02. The summed E-state index contributed by atoms with van der Waals surface area (Å²) in [6, 6.07) is 11.8. The number of hydrogen-bond donors (Lipinski definition) is 2. The van der Waals surface area contributed by atoms with Gasteiger partial charge < -0.3 is 14.9 Å². The Morgan fingerprint density at radius 2 is 2.00 bits per heavy atom. The molecule has 0 spiro atoms. The van der Waals surface area contributed by atoms with Crippen molar-refractivity contribution >= 4 is 32.6 Å². The van der Waals surface area contributed by atoms with Gasteiger partial charge in [-0.15, -0.1) is 0 Å². The summed E-state index contributed by atoms with van der Waals surface area (Å²) < 4.78 is 38.3. The summed E-state index contributed by atoms with van der Waals surface area (Å²) in [5, 5.41) is 0.557. The minimum atomic E-state index is -3.71. The second-order valence-corrected chi connectivity index (χ2v) is 8.09. The van der Waals surface area contributed by atoms with Crippen molar-refractivity contribution in [3.8, 4) is 0 Å². The highest BCUT2D eigenvalue weighted by Crippen LogP contribution is 2.28. The lowest BCUT2D eigenvalue weighted by Crippen LogP contribution is -2.26. The van der Waals surface area contributed by atoms with Crippen molar-refractivity contribution in [1.82, 2.24) is 4.72 Å². The van der Waals surface area contributed by atoms with E-state index in [1.54, 1.807) is 19.9 Å². The zero-order valence-electron chi connectivity index (χ0n) is 15.7. The van der Waals surface area contributed by atoms with Crippen molar-refractivity contribution in [3.05, 3.63) is 59.4 Å². The molecule has 0 atom stereocenters. The highest BCUT2D eigenvalue weighted by Gasteiger charge is 2.21. The Kier molecular flexibility index (Phi) is 5.71. The number of aryl methyl sites for hydroxylation is 1. The number of esters is 1. The molecule has 1 heterocycles. The van der Waals surface area contributed by atoms with Crippen LogP contribution < -0.4 is 10.5 Å². The molecule has 148 valence electrons. The third-order valence-electron chi connectivity index (χ3n) is 4.34. The van der Waals surface area contributed by atoms with E-state index in [0.29, 0.717) is 28.6 Å². The summed E-state index contributed by atoms with van der Waals surface area (Å²) in [7, 11) is -3.71. The van der Waals surface area contributed by atoms with Crippen LogP contribution in [-0.4, -0.2) is 27.5 Å². The average Bonchev–Trinajstić information content (AvgIpc) is 2.98. The fourth-order valence-electron chi connectivity index (χ4n) is 2.92. The molecular formula is C20H22N2O5S. The first kappa shape index (κ1) is 19.9. The Balaban J connectivity index is 1.79. The Hall–Kier alpha value is -2.84. The lowest BCUT2D eigenvalue weighted by atomic mass is 10.1. The number of nitrogens with two attached hydrogens (primary N) is 1. The van der Waals surface area contributed by atoms with Gasteiger partial charge in [0.2, 0.25) is 15.8 Å². The lowest BCUT2D eigenvalue weighted by Gasteiger charge is -2.07. The molecule has 8 heteroatoms. The maximum Gasteiger partial charge on any atom is 0.374 e. The van der Waals surface area contributed by atoms with Crippen LogP contribution in [-0.2, 0) is 21.2 Å². The van der Waals surface area contributed by atoms with Crippen LogP contribution in [0.25, 0.3) is 11.0 Å². The van der Waals surface area contributed by atoms with Gasteiger partial charge in [0.05, 0.1) is 11.5 Å². The van der Waals surface area contributed by atoms with Gasteiger partial charge in [-0.2, -0.15) is 0 Å². The number of furan rings is 1. The van der Waals surface area contributed by atoms with E-state index < -0.39 is 16.0 Å². The van der Waals surface area contributed by atoms with E-state index in [2.05, 4.69) is 4.72 Å². The average molecular weight is 402 g/mol. The van der Waals surface area contributed by atoms with Crippen molar-refractivity contribution in [2.75, 3.05) is 18.9 Å². The van der Waals surface area contributed by atoms with Crippen LogP contribution in [0, 0.1) is 6.92 Å². The van der Waals surface area contributed by atoms with Gasteiger partial charge in [0.1, 0.15) is 5.58 Å². The molecule has 3 N–H and O–H groups in total. The zero-order valence-corrected chi connectivity index (χ0v) is 16.5. The molecule has 0 bridgehead atoms. The Morgan fingerprint density at radius 1 is 1.21 bits per heavy atom. The molecule has 7 nitrogen and oxygen atoms in total. The first-order valence-corrected chi connectivity index (χ1v) is 10.3. The summed E-state index contributed by atoms with van der Waals surface area (Å²) in [6.07, 6.45) is 0.518. The van der Waals surface area contributed by atoms with Gasteiger partial charge in [-0.05, 0) is 56.2 Å². The summed E-state index contributed by atoms with van der Waals surface area (Å²) in [5.74, 6) is -0.484. The smallest absolute Gasteiger partial charge is 0.374 e. The van der Waals surface area contributed by atoms with Crippen molar-refractivity contribution in [1.29, 1.82) is 0 Å². The van der Waals surface area contributed by atoms with Crippen LogP contribution in [0.4, 0.5) is 5.69 Å². The molecule has 0 aliphatic rings. The zero-order chi connectivity index (χ0) is 20.3. The number of ether oxygens (including phenoxy) is 1. The number of fused-ring (bicyclic) bond motifs is 1. The van der Waals surface area contributed by atoms with Gasteiger partial charge in [0.25, 0.3) is 0 Å². The molecule has 0 fully saturated rings. The van der Waals surface area contributed by atoms with E-state index in [4.69, 9.17) is 14.9 Å². The number of nitrogens with one attached hydrogen (secondary N) is 1. The predicted molar refractivity (Wildman–Crippen MR) is 107 cm³/mol. The van der Waals surface area contributed by atoms with Crippen LogP contribution in [0.15, 0.2) is 51.8 Å². The molecule has 0 aliphatic carbocycles. The third kappa shape index (κ3) is 4.18. The lowest BCUT2D eigenvalue weighted by molar-refractivity contribution is 0.0491. The van der Waals surface area contributed by atoms with Gasteiger partial charge in [-0.1, -0.05) is 12.1 Å². The van der Waals surface area contributed by atoms with E-state index >= 15 is 0 Å². The minimum absolute atomic E-state index is 0.0843. The minimum Gasteiger partial charge on any atom is -0.460 e. The van der Waals surface area contributed by atoms with Crippen LogP contribution in [0.5, 0.6) is 0 Å². The van der Waals surface area contributed by atoms with Gasteiger partial charge in [0, 0.05) is 23.2 Å². The van der Waals surface area contributed by atoms with E-state index in [1.165, 1.54) is 18.2 Å². The number of nitrogen functional groups attached to an aromatic ring is 1. The second-order valence-electron chi connectivity index (χ2n) is 6.33. The van der Waals surface area contributed by atoms with Crippen molar-refractivity contribution in [3.63, 3.8) is 0 Å². The van der Waals surface area contributed by atoms with Crippen LogP contribution in [0.2, 0.25) is 0 Å². The molecule has 0 amide bonds. The Morgan fingerprint density at radius 3 is 2.71 bits per heavy atom. The number of carbonyl (C=O) groups excluding carboxylic acids is 1. The number of benzene rings is 2. The first-order chi connectivity index (χ1) is 13.3. The highest BCUT2D eigenvalue weighted by molar-refractivity contribution is 7.89. The monoisotopic (exact) mass is 402 g/mol. The van der Waals surface area contributed by atoms with Crippen LogP contribution >= 0.6 is 0 Å². The first-order valence-electron chi connectivity index (χ1n) is 8.86. The molecule has 2 aromatic carbocycles. The molecule has 3 rings (SSSR count). The molecule has 0 unspecified atom stereocenters. The SMILES string of the molecule is CCOC(=O)c1oc2ccc(S(=O)(=O)NCCc3cccc(N)c3)cc2c1C. The van der Waals surface area contributed by atoms with Gasteiger partial charge >= 0.3 is 5.97 Å². The third-order valence-corrected chi connectivity index (χ3v) is 5.79. The molecule has 0 radical (unpaired) electrons. The maximum absolute atomic E-state index is 12.6. The molecule has 3 aromatic rings. The Bertz CT molecular complexity index is 1120. The summed E-state index contributed by atoms with van der Waals surface area (Å²) in [5.41, 5.74) is 8.30. The van der Waals surface area contributed by atoms with E-state index in [9.17, 15) is 13.2 Å². The maximum atomic E-state index is 12.6. The van der Waals surface area contributed by atoms with Gasteiger partial charge in [0.15, 0.2) is 0 Å². The van der Waals surface area contributed by atoms with E-state index in [-0.39, 0.29) is 23.8 Å². The Labute approximate surface area is 163 Å². The molecule has 0 aliphatic heterocycles. The van der Waals surface area contributed by atoms with Crippen LogP contribution in [0.1, 0.15) is 28.6 Å². The number of hydrogen-bond acceptors (Lipinski definition) is 6. The van der Waals surface area contributed by atoms with E-state index in [1.807, 2.05) is 18.2 Å². The van der Waals surface area contributed by atoms with Gasteiger partial charge in [-0.25, -0.2) is 17.9 Å². The molecule has 0 saturated heterocycles. The fraction of sp³-hybridized carbons (Fsp3) is 0.250. The van der Waals surface area contributed by atoms with Crippen molar-refractivity contribution in [2.24, 2.45) is 0 Å². The topological polar surface area (TPSA) is 112 Å². The quantitative estimate of drug-likeness (QED) is 0.464. The summed E-state index contributed by atoms with van der Waals surface area (Å²) in [6.45, 7) is 3.87. The number of sulfonamides is 1. The van der Waals surface area contributed by atoms with E-state index in [0.717, 1.165) is 5.56 Å². The fourth-order valence-corrected chi connectivity index (χ4v) is 3.98. The molecule has 1 aromatic heterocycles. The highest BCUT2D eigenvalue weighted by atomic mass is 32.2. The normalized spacial score (nSPS) is 11.6. The van der Waals surface area contributed by atoms with Crippen molar-refractivity contribution < 1.29 is 22.4 Å². The summed E-state index contributed by atoms with van der Waals surface area (Å²) in [4.78, 5) is 12.1. The largest absolute Gasteiger partial charge is 0.460 e. The second kappa shape index (κ2) is 8.04. The van der Waals surface area contributed by atoms with Gasteiger partial charge in [-0.3, -0.25) is 0 Å². The summed E-state index contributed by atoms with van der Waals surface area (Å²) >= 11 is 0. The standard InChI is InChI=1S/C20H22N2O5S/c1-3-26-20(23)19-13(2)17-12-16(7-8-18(17)27-19)28(24,25)22-10-9-14-5-4-6-15(21)11-14/h4-8,11-12,22H,3,9-10,21H2,1-2H3. The number of carbonyl (C=O) groups is 1. The number of rotatable bonds is 7. The molecule has 0 saturated carbocycles. The molecular weight excluding hydrogens is 380 g/mol. The van der Waals surface area contributed by atoms with Crippen molar-refractivity contribution in [2.45, 2.75) is 25.2 Å². The van der Waals surface area contributed by atoms with Crippen LogP contribution in [0.3, 0.4) is 0 Å². The molecule has 28 heavy (non-hydrogen) atoms.